The normalized spacial score (nSPS) is 14.3. The molecule has 0 saturated heterocycles. The van der Waals surface area contributed by atoms with Crippen LogP contribution in [0.2, 0.25) is 0 Å². The lowest BCUT2D eigenvalue weighted by Crippen LogP contribution is -2.26. The number of anilines is 2. The zero-order valence-corrected chi connectivity index (χ0v) is 14.4. The molecule has 1 fully saturated rings. The molecule has 0 heterocycles. The van der Waals surface area contributed by atoms with Crippen molar-refractivity contribution in [3.05, 3.63) is 41.5 Å². The van der Waals surface area contributed by atoms with Gasteiger partial charge >= 0.3 is 0 Å². The molecule has 1 aliphatic carbocycles. The van der Waals surface area contributed by atoms with Crippen molar-refractivity contribution in [2.75, 3.05) is 23.8 Å². The van der Waals surface area contributed by atoms with E-state index < -0.39 is 0 Å². The molecule has 0 atom stereocenters. The van der Waals surface area contributed by atoms with E-state index in [0.717, 1.165) is 33.6 Å². The maximum absolute atomic E-state index is 10.7. The summed E-state index contributed by atoms with van der Waals surface area (Å²) >= 11 is 0. The Morgan fingerprint density at radius 3 is 2.50 bits per heavy atom. The summed E-state index contributed by atoms with van der Waals surface area (Å²) in [6.07, 6.45) is 3.74. The van der Waals surface area contributed by atoms with Crippen LogP contribution in [0.4, 0.5) is 11.4 Å². The minimum absolute atomic E-state index is 0.0519. The zero-order valence-electron chi connectivity index (χ0n) is 14.4. The molecule has 128 valence electrons. The van der Waals surface area contributed by atoms with Gasteiger partial charge in [0.1, 0.15) is 5.75 Å². The number of rotatable bonds is 6. The predicted molar refractivity (Wildman–Crippen MR) is 99.9 cm³/mol. The number of hydrogen-bond donors (Lipinski definition) is 4. The maximum atomic E-state index is 10.7. The maximum Gasteiger partial charge on any atom is 0.128 e. The number of aliphatic hydroxyl groups excluding tert-OH is 1. The molecule has 0 aliphatic heterocycles. The van der Waals surface area contributed by atoms with Crippen molar-refractivity contribution in [1.29, 1.82) is 0 Å². The third-order valence-corrected chi connectivity index (χ3v) is 4.79. The van der Waals surface area contributed by atoms with Crippen LogP contribution in [-0.4, -0.2) is 29.4 Å². The van der Waals surface area contributed by atoms with Crippen LogP contribution < -0.4 is 10.6 Å². The van der Waals surface area contributed by atoms with Gasteiger partial charge in [-0.1, -0.05) is 12.1 Å². The minimum Gasteiger partial charge on any atom is -0.507 e. The van der Waals surface area contributed by atoms with E-state index in [4.69, 9.17) is 5.11 Å². The molecule has 24 heavy (non-hydrogen) atoms. The van der Waals surface area contributed by atoms with Crippen molar-refractivity contribution in [2.24, 2.45) is 0 Å². The predicted octanol–water partition coefficient (Wildman–Crippen LogP) is 4.04. The van der Waals surface area contributed by atoms with Gasteiger partial charge in [-0.25, -0.2) is 0 Å². The number of aromatic hydroxyl groups is 1. The van der Waals surface area contributed by atoms with Gasteiger partial charge in [-0.15, -0.1) is 0 Å². The average molecular weight is 326 g/mol. The molecule has 4 N–H and O–H groups in total. The zero-order chi connectivity index (χ0) is 17.1. The van der Waals surface area contributed by atoms with E-state index in [9.17, 15) is 5.11 Å². The van der Waals surface area contributed by atoms with Crippen molar-refractivity contribution in [3.63, 3.8) is 0 Å². The van der Waals surface area contributed by atoms with E-state index in [0.29, 0.717) is 18.3 Å². The number of aryl methyl sites for hydroxylation is 2. The quantitative estimate of drug-likeness (QED) is 0.647. The second-order valence-corrected chi connectivity index (χ2v) is 6.61. The standard InChI is InChI=1S/C20H26N2O2/c1-13-6-8-16(22-15-4-3-5-15)12-17(13)19-18(21-10-11-23)9-7-14(2)20(19)24/h6-9,12,15,21-24H,3-5,10-11H2,1-2H3. The van der Waals surface area contributed by atoms with Crippen LogP contribution in [0.3, 0.4) is 0 Å². The van der Waals surface area contributed by atoms with Gasteiger partial charge in [0.15, 0.2) is 0 Å². The molecule has 4 nitrogen and oxygen atoms in total. The molecule has 0 unspecified atom stereocenters. The molecule has 1 saturated carbocycles. The van der Waals surface area contributed by atoms with Crippen molar-refractivity contribution >= 4 is 11.4 Å². The van der Waals surface area contributed by atoms with Gasteiger partial charge in [0, 0.05) is 29.5 Å². The van der Waals surface area contributed by atoms with Crippen molar-refractivity contribution in [3.8, 4) is 16.9 Å². The Hall–Kier alpha value is -2.20. The Bertz CT molecular complexity index is 724. The van der Waals surface area contributed by atoms with Gasteiger partial charge < -0.3 is 20.8 Å². The molecule has 3 rings (SSSR count). The lowest BCUT2D eigenvalue weighted by atomic mass is 9.92. The fraction of sp³-hybridized carbons (Fsp3) is 0.400. The second kappa shape index (κ2) is 7.14. The molecule has 0 aromatic heterocycles. The second-order valence-electron chi connectivity index (χ2n) is 6.61. The lowest BCUT2D eigenvalue weighted by molar-refractivity contribution is 0.311. The summed E-state index contributed by atoms with van der Waals surface area (Å²) in [5.74, 6) is 0.293. The molecule has 2 aromatic carbocycles. The van der Waals surface area contributed by atoms with Crippen LogP contribution in [0.1, 0.15) is 30.4 Å². The molecule has 1 aliphatic rings. The van der Waals surface area contributed by atoms with Gasteiger partial charge in [0.25, 0.3) is 0 Å². The highest BCUT2D eigenvalue weighted by molar-refractivity contribution is 5.87. The average Bonchev–Trinajstić information content (AvgIpc) is 2.54. The van der Waals surface area contributed by atoms with Crippen molar-refractivity contribution in [1.82, 2.24) is 0 Å². The Morgan fingerprint density at radius 2 is 1.83 bits per heavy atom. The SMILES string of the molecule is Cc1ccc(NC2CCC2)cc1-c1c(NCCO)ccc(C)c1O. The molecule has 0 bridgehead atoms. The topological polar surface area (TPSA) is 64.5 Å². The van der Waals surface area contributed by atoms with Crippen LogP contribution >= 0.6 is 0 Å². The van der Waals surface area contributed by atoms with Gasteiger partial charge in [-0.3, -0.25) is 0 Å². The summed E-state index contributed by atoms with van der Waals surface area (Å²) in [5, 5.41) is 26.6. The monoisotopic (exact) mass is 326 g/mol. The van der Waals surface area contributed by atoms with Crippen molar-refractivity contribution < 1.29 is 10.2 Å². The third kappa shape index (κ3) is 3.34. The smallest absolute Gasteiger partial charge is 0.128 e. The molecular formula is C20H26N2O2. The highest BCUT2D eigenvalue weighted by Crippen LogP contribution is 2.41. The summed E-state index contributed by atoms with van der Waals surface area (Å²) in [5.41, 5.74) is 5.71. The van der Waals surface area contributed by atoms with Gasteiger partial charge in [0.05, 0.1) is 6.61 Å². The molecule has 0 amide bonds. The highest BCUT2D eigenvalue weighted by atomic mass is 16.3. The fourth-order valence-electron chi connectivity index (χ4n) is 3.08. The lowest BCUT2D eigenvalue weighted by Gasteiger charge is -2.28. The molecular weight excluding hydrogens is 300 g/mol. The summed E-state index contributed by atoms with van der Waals surface area (Å²) in [6, 6.07) is 10.7. The van der Waals surface area contributed by atoms with Crippen LogP contribution in [0, 0.1) is 13.8 Å². The number of benzene rings is 2. The number of nitrogens with one attached hydrogen (secondary N) is 2. The number of phenolic OH excluding ortho intramolecular Hbond substituents is 1. The van der Waals surface area contributed by atoms with Crippen LogP contribution in [-0.2, 0) is 0 Å². The molecule has 0 spiro atoms. The van der Waals surface area contributed by atoms with E-state index >= 15 is 0 Å². The number of phenols is 1. The first kappa shape index (κ1) is 16.7. The van der Waals surface area contributed by atoms with Gasteiger partial charge in [0.2, 0.25) is 0 Å². The van der Waals surface area contributed by atoms with E-state index in [1.165, 1.54) is 19.3 Å². The van der Waals surface area contributed by atoms with Gasteiger partial charge in [-0.05, 0) is 68.0 Å². The Labute approximate surface area is 143 Å². The number of hydrogen-bond acceptors (Lipinski definition) is 4. The first-order valence-corrected chi connectivity index (χ1v) is 8.65. The largest absolute Gasteiger partial charge is 0.507 e. The molecule has 2 aromatic rings. The van der Waals surface area contributed by atoms with Crippen molar-refractivity contribution in [2.45, 2.75) is 39.2 Å². The Kier molecular flexibility index (Phi) is 4.95. The van der Waals surface area contributed by atoms with E-state index in [1.54, 1.807) is 0 Å². The summed E-state index contributed by atoms with van der Waals surface area (Å²) in [4.78, 5) is 0. The van der Waals surface area contributed by atoms with E-state index in [1.807, 2.05) is 19.1 Å². The highest BCUT2D eigenvalue weighted by Gasteiger charge is 2.19. The van der Waals surface area contributed by atoms with Crippen LogP contribution in [0.25, 0.3) is 11.1 Å². The fourth-order valence-corrected chi connectivity index (χ4v) is 3.08. The van der Waals surface area contributed by atoms with E-state index in [2.05, 4.69) is 35.8 Å². The van der Waals surface area contributed by atoms with Crippen LogP contribution in [0.5, 0.6) is 5.75 Å². The number of aliphatic hydroxyl groups is 1. The summed E-state index contributed by atoms with van der Waals surface area (Å²) in [6.45, 7) is 4.46. The van der Waals surface area contributed by atoms with Crippen LogP contribution in [0.15, 0.2) is 30.3 Å². The Morgan fingerprint density at radius 1 is 1.08 bits per heavy atom. The summed E-state index contributed by atoms with van der Waals surface area (Å²) < 4.78 is 0. The van der Waals surface area contributed by atoms with E-state index in [-0.39, 0.29) is 6.61 Å². The Balaban J connectivity index is 2.02. The molecule has 4 heteroatoms. The first-order valence-electron chi connectivity index (χ1n) is 8.65. The first-order chi connectivity index (χ1) is 11.6. The third-order valence-electron chi connectivity index (χ3n) is 4.79. The van der Waals surface area contributed by atoms with Gasteiger partial charge in [-0.2, -0.15) is 0 Å². The molecule has 0 radical (unpaired) electrons. The summed E-state index contributed by atoms with van der Waals surface area (Å²) in [7, 11) is 0. The minimum atomic E-state index is 0.0519.